The maximum absolute atomic E-state index is 13.0. The lowest BCUT2D eigenvalue weighted by Crippen LogP contribution is -2.46. The summed E-state index contributed by atoms with van der Waals surface area (Å²) < 4.78 is 5.70. The van der Waals surface area contributed by atoms with E-state index in [9.17, 15) is 14.9 Å². The summed E-state index contributed by atoms with van der Waals surface area (Å²) in [5.74, 6) is 0.207. The lowest BCUT2D eigenvalue weighted by Gasteiger charge is -2.37. The van der Waals surface area contributed by atoms with E-state index in [4.69, 9.17) is 27.9 Å². The van der Waals surface area contributed by atoms with Gasteiger partial charge in [-0.1, -0.05) is 30.1 Å². The minimum atomic E-state index is -0.505. The van der Waals surface area contributed by atoms with Crippen LogP contribution >= 0.6 is 23.2 Å². The van der Waals surface area contributed by atoms with Crippen molar-refractivity contribution >= 4 is 40.5 Å². The Bertz CT molecular complexity index is 839. The molecule has 0 fully saturated rings. The first-order chi connectivity index (χ1) is 11.9. The van der Waals surface area contributed by atoms with Crippen LogP contribution in [-0.2, 0) is 0 Å². The Morgan fingerprint density at radius 3 is 2.52 bits per heavy atom. The standard InChI is InChI=1S/C17H14Cl2N2O4/c1-2-11-9-25-16-8-14(19)13(18)7-15(16)20(11)17(22)10-3-5-12(6-4-10)21(23)24/h3-8,11H,2,9H2,1H3/t11-/m1/s1. The Balaban J connectivity index is 2.03. The van der Waals surface area contributed by atoms with Crippen LogP contribution < -0.4 is 9.64 Å². The van der Waals surface area contributed by atoms with E-state index in [2.05, 4.69) is 0 Å². The van der Waals surface area contributed by atoms with Crippen molar-refractivity contribution < 1.29 is 14.5 Å². The molecule has 0 saturated carbocycles. The van der Waals surface area contributed by atoms with Crippen molar-refractivity contribution in [2.75, 3.05) is 11.5 Å². The molecule has 0 aliphatic carbocycles. The van der Waals surface area contributed by atoms with E-state index < -0.39 is 4.92 Å². The first-order valence-electron chi connectivity index (χ1n) is 7.62. The Morgan fingerprint density at radius 1 is 1.28 bits per heavy atom. The zero-order valence-corrected chi connectivity index (χ0v) is 14.8. The van der Waals surface area contributed by atoms with Gasteiger partial charge in [0.25, 0.3) is 11.6 Å². The van der Waals surface area contributed by atoms with Crippen molar-refractivity contribution in [2.24, 2.45) is 0 Å². The van der Waals surface area contributed by atoms with Crippen LogP contribution in [0.5, 0.6) is 5.75 Å². The molecule has 0 unspecified atom stereocenters. The fourth-order valence-corrected chi connectivity index (χ4v) is 3.03. The number of non-ortho nitro benzene ring substituents is 1. The van der Waals surface area contributed by atoms with E-state index in [1.807, 2.05) is 6.92 Å². The van der Waals surface area contributed by atoms with Gasteiger partial charge in [0.15, 0.2) is 0 Å². The molecule has 1 aliphatic heterocycles. The van der Waals surface area contributed by atoms with Crippen LogP contribution in [0.25, 0.3) is 0 Å². The number of nitro groups is 1. The molecule has 0 saturated heterocycles. The van der Waals surface area contributed by atoms with Gasteiger partial charge in [-0.05, 0) is 24.6 Å². The van der Waals surface area contributed by atoms with Crippen LogP contribution in [0.3, 0.4) is 0 Å². The van der Waals surface area contributed by atoms with Crippen molar-refractivity contribution in [1.82, 2.24) is 0 Å². The Hall–Kier alpha value is -2.31. The average Bonchev–Trinajstić information content (AvgIpc) is 2.61. The topological polar surface area (TPSA) is 72.7 Å². The number of rotatable bonds is 3. The van der Waals surface area contributed by atoms with Crippen LogP contribution in [0.4, 0.5) is 11.4 Å². The van der Waals surface area contributed by atoms with Crippen molar-refractivity contribution in [3.05, 3.63) is 62.1 Å². The second-order valence-corrected chi connectivity index (χ2v) is 6.40. The Labute approximate surface area is 154 Å². The van der Waals surface area contributed by atoms with Crippen molar-refractivity contribution in [3.63, 3.8) is 0 Å². The third-order valence-electron chi connectivity index (χ3n) is 4.07. The average molecular weight is 381 g/mol. The van der Waals surface area contributed by atoms with Gasteiger partial charge < -0.3 is 4.74 Å². The summed E-state index contributed by atoms with van der Waals surface area (Å²) in [4.78, 5) is 24.9. The van der Waals surface area contributed by atoms with E-state index in [1.165, 1.54) is 24.3 Å². The summed E-state index contributed by atoms with van der Waals surface area (Å²) in [6.45, 7) is 2.28. The van der Waals surface area contributed by atoms with E-state index in [-0.39, 0.29) is 17.6 Å². The summed E-state index contributed by atoms with van der Waals surface area (Å²) in [6.07, 6.45) is 0.679. The molecule has 2 aromatic carbocycles. The monoisotopic (exact) mass is 380 g/mol. The van der Waals surface area contributed by atoms with E-state index in [0.29, 0.717) is 40.1 Å². The van der Waals surface area contributed by atoms with Crippen LogP contribution in [0.2, 0.25) is 10.0 Å². The summed E-state index contributed by atoms with van der Waals surface area (Å²) in [6, 6.07) is 8.52. The fraction of sp³-hybridized carbons (Fsp3) is 0.235. The van der Waals surface area contributed by atoms with Crippen molar-refractivity contribution in [1.29, 1.82) is 0 Å². The van der Waals surface area contributed by atoms with Crippen molar-refractivity contribution in [2.45, 2.75) is 19.4 Å². The third-order valence-corrected chi connectivity index (χ3v) is 4.80. The van der Waals surface area contributed by atoms with Crippen molar-refractivity contribution in [3.8, 4) is 5.75 Å². The molecule has 3 rings (SSSR count). The molecular formula is C17H14Cl2N2O4. The summed E-state index contributed by atoms with van der Waals surface area (Å²) in [5, 5.41) is 11.4. The van der Waals surface area contributed by atoms with Gasteiger partial charge in [0.05, 0.1) is 26.7 Å². The second kappa shape index (κ2) is 6.90. The zero-order chi connectivity index (χ0) is 18.1. The van der Waals surface area contributed by atoms with Gasteiger partial charge in [-0.25, -0.2) is 0 Å². The Kier molecular flexibility index (Phi) is 4.83. The van der Waals surface area contributed by atoms with Gasteiger partial charge in [0, 0.05) is 23.8 Å². The highest BCUT2D eigenvalue weighted by atomic mass is 35.5. The minimum absolute atomic E-state index is 0.0687. The number of carbonyl (C=O) groups excluding carboxylic acids is 1. The van der Waals surface area contributed by atoms with E-state index in [1.54, 1.807) is 17.0 Å². The number of ether oxygens (including phenoxy) is 1. The van der Waals surface area contributed by atoms with E-state index >= 15 is 0 Å². The summed E-state index contributed by atoms with van der Waals surface area (Å²) >= 11 is 12.1. The number of nitrogens with zero attached hydrogens (tertiary/aromatic N) is 2. The zero-order valence-electron chi connectivity index (χ0n) is 13.2. The molecule has 1 atom stereocenters. The number of hydrogen-bond donors (Lipinski definition) is 0. The molecule has 1 aliphatic rings. The maximum Gasteiger partial charge on any atom is 0.269 e. The minimum Gasteiger partial charge on any atom is -0.489 e. The predicted molar refractivity (Wildman–Crippen MR) is 95.9 cm³/mol. The SMILES string of the molecule is CC[C@@H]1COc2cc(Cl)c(Cl)cc2N1C(=O)c1ccc([N+](=O)[O-])cc1. The molecule has 1 amide bonds. The van der Waals surface area contributed by atoms with Gasteiger partial charge in [-0.15, -0.1) is 0 Å². The van der Waals surface area contributed by atoms with E-state index in [0.717, 1.165) is 0 Å². The number of carbonyl (C=O) groups is 1. The third kappa shape index (κ3) is 3.27. The molecule has 0 aromatic heterocycles. The van der Waals surface area contributed by atoms with Gasteiger partial charge >= 0.3 is 0 Å². The van der Waals surface area contributed by atoms with Gasteiger partial charge in [0.2, 0.25) is 0 Å². The second-order valence-electron chi connectivity index (χ2n) is 5.59. The number of nitro benzene ring substituents is 1. The molecular weight excluding hydrogens is 367 g/mol. The lowest BCUT2D eigenvalue weighted by atomic mass is 10.1. The normalized spacial score (nSPS) is 16.1. The lowest BCUT2D eigenvalue weighted by molar-refractivity contribution is -0.384. The molecule has 0 bridgehead atoms. The number of hydrogen-bond acceptors (Lipinski definition) is 4. The number of fused-ring (bicyclic) bond motifs is 1. The highest BCUT2D eigenvalue weighted by Gasteiger charge is 2.33. The molecule has 0 N–H and O–H groups in total. The number of benzene rings is 2. The smallest absolute Gasteiger partial charge is 0.269 e. The maximum atomic E-state index is 13.0. The number of halogens is 2. The van der Waals surface area contributed by atoms with Crippen LogP contribution in [0.1, 0.15) is 23.7 Å². The molecule has 1 heterocycles. The molecule has 130 valence electrons. The van der Waals surface area contributed by atoms with Crippen LogP contribution in [-0.4, -0.2) is 23.5 Å². The summed E-state index contributed by atoms with van der Waals surface area (Å²) in [7, 11) is 0. The quantitative estimate of drug-likeness (QED) is 0.570. The molecule has 0 radical (unpaired) electrons. The molecule has 6 nitrogen and oxygen atoms in total. The van der Waals surface area contributed by atoms with Gasteiger partial charge in [0.1, 0.15) is 12.4 Å². The molecule has 8 heteroatoms. The first kappa shape index (κ1) is 17.5. The highest BCUT2D eigenvalue weighted by molar-refractivity contribution is 6.42. The summed E-state index contributed by atoms with van der Waals surface area (Å²) in [5.41, 5.74) is 0.819. The predicted octanol–water partition coefficient (Wildman–Crippen LogP) is 4.72. The van der Waals surface area contributed by atoms with Gasteiger partial charge in [-0.2, -0.15) is 0 Å². The number of anilines is 1. The molecule has 25 heavy (non-hydrogen) atoms. The molecule has 0 spiro atoms. The van der Waals surface area contributed by atoms with Gasteiger partial charge in [-0.3, -0.25) is 19.8 Å². The van der Waals surface area contributed by atoms with Crippen LogP contribution in [0, 0.1) is 10.1 Å². The number of amides is 1. The Morgan fingerprint density at radius 2 is 1.92 bits per heavy atom. The first-order valence-corrected chi connectivity index (χ1v) is 8.37. The molecule has 2 aromatic rings. The highest BCUT2D eigenvalue weighted by Crippen LogP contribution is 2.41. The largest absolute Gasteiger partial charge is 0.489 e. The van der Waals surface area contributed by atoms with Crippen LogP contribution in [0.15, 0.2) is 36.4 Å². The fourth-order valence-electron chi connectivity index (χ4n) is 2.72.